The molecule has 0 fully saturated rings. The predicted octanol–water partition coefficient (Wildman–Crippen LogP) is 2.05. The molecule has 1 N–H and O–H groups in total. The number of nitrogens with zero attached hydrogens (tertiary/aromatic N) is 2. The van der Waals surface area contributed by atoms with Crippen molar-refractivity contribution in [3.8, 4) is 0 Å². The van der Waals surface area contributed by atoms with Gasteiger partial charge in [-0.1, -0.05) is 24.3 Å². The maximum atomic E-state index is 12.4. The summed E-state index contributed by atoms with van der Waals surface area (Å²) in [6.07, 6.45) is 1.70. The molecule has 5 heteroatoms. The van der Waals surface area contributed by atoms with Gasteiger partial charge in [0.15, 0.2) is 0 Å². The van der Waals surface area contributed by atoms with Crippen molar-refractivity contribution in [3.63, 3.8) is 0 Å². The number of benzene rings is 1. The second kappa shape index (κ2) is 6.65. The number of aliphatic carboxylic acids is 1. The zero-order valence-electron chi connectivity index (χ0n) is 11.7. The largest absolute Gasteiger partial charge is 0.480 e. The van der Waals surface area contributed by atoms with Gasteiger partial charge < -0.3 is 10.0 Å². The monoisotopic (exact) mass is 284 g/mol. The fourth-order valence-electron chi connectivity index (χ4n) is 2.01. The van der Waals surface area contributed by atoms with E-state index in [1.165, 1.54) is 4.90 Å². The standard InChI is InChI=1S/C16H16N2O3/c1-12-6-5-9-17-14(12)10-15(19)18(11-16(20)21)13-7-3-2-4-8-13/h2-9H,10-11H2,1H3,(H,20,21). The van der Waals surface area contributed by atoms with Gasteiger partial charge in [0.25, 0.3) is 0 Å². The number of amides is 1. The van der Waals surface area contributed by atoms with Crippen LogP contribution in [0.1, 0.15) is 11.3 Å². The van der Waals surface area contributed by atoms with Crippen LogP contribution in [-0.2, 0) is 16.0 Å². The number of anilines is 1. The quantitative estimate of drug-likeness (QED) is 0.912. The zero-order chi connectivity index (χ0) is 15.2. The number of aromatic nitrogens is 1. The lowest BCUT2D eigenvalue weighted by atomic mass is 10.1. The third-order valence-electron chi connectivity index (χ3n) is 3.10. The lowest BCUT2D eigenvalue weighted by Crippen LogP contribution is -2.37. The van der Waals surface area contributed by atoms with Crippen LogP contribution in [0.4, 0.5) is 5.69 Å². The van der Waals surface area contributed by atoms with Gasteiger partial charge in [0.1, 0.15) is 6.54 Å². The number of pyridine rings is 1. The van der Waals surface area contributed by atoms with Crippen molar-refractivity contribution in [2.24, 2.45) is 0 Å². The van der Waals surface area contributed by atoms with Crippen molar-refractivity contribution in [2.45, 2.75) is 13.3 Å². The van der Waals surface area contributed by atoms with Crippen molar-refractivity contribution in [3.05, 3.63) is 59.9 Å². The zero-order valence-corrected chi connectivity index (χ0v) is 11.7. The number of para-hydroxylation sites is 1. The van der Waals surface area contributed by atoms with Crippen LogP contribution >= 0.6 is 0 Å². The molecular formula is C16H16N2O3. The van der Waals surface area contributed by atoms with Crippen LogP contribution < -0.4 is 4.90 Å². The molecule has 0 bridgehead atoms. The highest BCUT2D eigenvalue weighted by Crippen LogP contribution is 2.15. The smallest absolute Gasteiger partial charge is 0.323 e. The second-order valence-corrected chi connectivity index (χ2v) is 4.65. The Morgan fingerprint density at radius 2 is 1.86 bits per heavy atom. The van der Waals surface area contributed by atoms with Crippen LogP contribution in [0.15, 0.2) is 48.7 Å². The molecule has 0 saturated heterocycles. The maximum absolute atomic E-state index is 12.4. The Morgan fingerprint density at radius 3 is 2.48 bits per heavy atom. The number of hydrogen-bond donors (Lipinski definition) is 1. The van der Waals surface area contributed by atoms with Gasteiger partial charge in [-0.2, -0.15) is 0 Å². The topological polar surface area (TPSA) is 70.5 Å². The number of carbonyl (C=O) groups excluding carboxylic acids is 1. The lowest BCUT2D eigenvalue weighted by Gasteiger charge is -2.21. The van der Waals surface area contributed by atoms with E-state index >= 15 is 0 Å². The van der Waals surface area contributed by atoms with E-state index in [1.807, 2.05) is 19.1 Å². The first-order valence-electron chi connectivity index (χ1n) is 6.55. The summed E-state index contributed by atoms with van der Waals surface area (Å²) >= 11 is 0. The van der Waals surface area contributed by atoms with E-state index in [-0.39, 0.29) is 18.9 Å². The van der Waals surface area contributed by atoms with Crippen molar-refractivity contribution in [2.75, 3.05) is 11.4 Å². The molecule has 0 aliphatic carbocycles. The minimum atomic E-state index is -1.05. The molecule has 2 aromatic rings. The Balaban J connectivity index is 2.23. The molecule has 0 saturated carbocycles. The van der Waals surface area contributed by atoms with Gasteiger partial charge in [-0.05, 0) is 30.7 Å². The highest BCUT2D eigenvalue weighted by atomic mass is 16.4. The van der Waals surface area contributed by atoms with E-state index in [0.717, 1.165) is 5.56 Å². The summed E-state index contributed by atoms with van der Waals surface area (Å²) in [5.74, 6) is -1.34. The second-order valence-electron chi connectivity index (χ2n) is 4.65. The fourth-order valence-corrected chi connectivity index (χ4v) is 2.01. The van der Waals surface area contributed by atoms with E-state index in [4.69, 9.17) is 5.11 Å². The highest BCUT2D eigenvalue weighted by Gasteiger charge is 2.19. The van der Waals surface area contributed by atoms with Gasteiger partial charge in [0.05, 0.1) is 12.1 Å². The number of aryl methyl sites for hydroxylation is 1. The van der Waals surface area contributed by atoms with Crippen molar-refractivity contribution < 1.29 is 14.7 Å². The summed E-state index contributed by atoms with van der Waals surface area (Å²) < 4.78 is 0. The molecule has 21 heavy (non-hydrogen) atoms. The number of hydrogen-bond acceptors (Lipinski definition) is 3. The summed E-state index contributed by atoms with van der Waals surface area (Å²) in [5.41, 5.74) is 2.14. The molecule has 1 amide bonds. The molecule has 0 radical (unpaired) electrons. The van der Waals surface area contributed by atoms with Crippen molar-refractivity contribution in [1.82, 2.24) is 4.98 Å². The predicted molar refractivity (Wildman–Crippen MR) is 79.1 cm³/mol. The third-order valence-corrected chi connectivity index (χ3v) is 3.10. The first-order valence-corrected chi connectivity index (χ1v) is 6.55. The van der Waals surface area contributed by atoms with Crippen molar-refractivity contribution in [1.29, 1.82) is 0 Å². The van der Waals surface area contributed by atoms with Gasteiger partial charge in [0.2, 0.25) is 5.91 Å². The number of carbonyl (C=O) groups is 2. The van der Waals surface area contributed by atoms with Gasteiger partial charge >= 0.3 is 5.97 Å². The lowest BCUT2D eigenvalue weighted by molar-refractivity contribution is -0.136. The molecule has 108 valence electrons. The van der Waals surface area contributed by atoms with E-state index < -0.39 is 5.97 Å². The number of carboxylic acid groups (broad SMARTS) is 1. The summed E-state index contributed by atoms with van der Waals surface area (Å²) in [6, 6.07) is 12.5. The Bertz CT molecular complexity index is 641. The molecule has 1 aromatic carbocycles. The summed E-state index contributed by atoms with van der Waals surface area (Å²) in [4.78, 5) is 28.9. The normalized spacial score (nSPS) is 10.1. The molecule has 0 unspecified atom stereocenters. The molecule has 1 heterocycles. The van der Waals surface area contributed by atoms with Crippen LogP contribution in [0.2, 0.25) is 0 Å². The SMILES string of the molecule is Cc1cccnc1CC(=O)N(CC(=O)O)c1ccccc1. The average molecular weight is 284 g/mol. The number of rotatable bonds is 5. The Hall–Kier alpha value is -2.69. The average Bonchev–Trinajstić information content (AvgIpc) is 2.48. The minimum Gasteiger partial charge on any atom is -0.480 e. The van der Waals surface area contributed by atoms with Crippen LogP contribution in [0, 0.1) is 6.92 Å². The van der Waals surface area contributed by atoms with E-state index in [0.29, 0.717) is 11.4 Å². The van der Waals surface area contributed by atoms with Crippen molar-refractivity contribution >= 4 is 17.6 Å². The summed E-state index contributed by atoms with van der Waals surface area (Å²) in [7, 11) is 0. The maximum Gasteiger partial charge on any atom is 0.323 e. The molecule has 1 aromatic heterocycles. The Morgan fingerprint density at radius 1 is 1.14 bits per heavy atom. The van der Waals surface area contributed by atoms with E-state index in [1.54, 1.807) is 36.5 Å². The van der Waals surface area contributed by atoms with Gasteiger partial charge in [-0.25, -0.2) is 0 Å². The van der Waals surface area contributed by atoms with Gasteiger partial charge in [-0.15, -0.1) is 0 Å². The molecular weight excluding hydrogens is 268 g/mol. The first kappa shape index (κ1) is 14.7. The summed E-state index contributed by atoms with van der Waals surface area (Å²) in [6.45, 7) is 1.51. The van der Waals surface area contributed by atoms with E-state index in [9.17, 15) is 9.59 Å². The van der Waals surface area contributed by atoms with Crippen LogP contribution in [0.5, 0.6) is 0 Å². The molecule has 0 aliphatic rings. The van der Waals surface area contributed by atoms with Gasteiger partial charge in [0, 0.05) is 11.9 Å². The van der Waals surface area contributed by atoms with Crippen LogP contribution in [-0.4, -0.2) is 28.5 Å². The molecule has 2 rings (SSSR count). The Labute approximate surface area is 122 Å². The minimum absolute atomic E-state index is 0.0782. The Kier molecular flexibility index (Phi) is 4.66. The van der Waals surface area contributed by atoms with Crippen LogP contribution in [0.3, 0.4) is 0 Å². The summed E-state index contributed by atoms with van der Waals surface area (Å²) in [5, 5.41) is 9.01. The van der Waals surface area contributed by atoms with Gasteiger partial charge in [-0.3, -0.25) is 14.6 Å². The number of carboxylic acids is 1. The molecule has 5 nitrogen and oxygen atoms in total. The fraction of sp³-hybridized carbons (Fsp3) is 0.188. The van der Waals surface area contributed by atoms with E-state index in [2.05, 4.69) is 4.98 Å². The first-order chi connectivity index (χ1) is 10.1. The third kappa shape index (κ3) is 3.89. The van der Waals surface area contributed by atoms with Crippen LogP contribution in [0.25, 0.3) is 0 Å². The highest BCUT2D eigenvalue weighted by molar-refractivity contribution is 5.98. The molecule has 0 atom stereocenters. The molecule has 0 aliphatic heterocycles. The molecule has 0 spiro atoms.